The molecule has 0 spiro atoms. The molecular formula is C80H52N6. The number of anilines is 12. The molecule has 6 nitrogen and oxygen atoms in total. The zero-order valence-electron chi connectivity index (χ0n) is 46.7. The molecule has 86 heavy (non-hydrogen) atoms. The maximum atomic E-state index is 2.70. The Bertz CT molecular complexity index is 4840. The molecule has 0 bridgehead atoms. The van der Waals surface area contributed by atoms with E-state index in [1.54, 1.807) is 0 Å². The van der Waals surface area contributed by atoms with Crippen LogP contribution in [0, 0.1) is 0 Å². The monoisotopic (exact) mass is 1100 g/mol. The second-order valence-electron chi connectivity index (χ2n) is 23.2. The van der Waals surface area contributed by atoms with Gasteiger partial charge in [-0.3, -0.25) is 0 Å². The van der Waals surface area contributed by atoms with Crippen LogP contribution in [0.5, 0.6) is 0 Å². The van der Waals surface area contributed by atoms with E-state index in [-0.39, 0.29) is 12.1 Å². The van der Waals surface area contributed by atoms with E-state index in [4.69, 9.17) is 0 Å². The Morgan fingerprint density at radius 2 is 0.581 bits per heavy atom. The predicted molar refractivity (Wildman–Crippen MR) is 357 cm³/mol. The summed E-state index contributed by atoms with van der Waals surface area (Å²) in [5, 5.41) is 5.04. The van der Waals surface area contributed by atoms with Gasteiger partial charge in [0.1, 0.15) is 0 Å². The van der Waals surface area contributed by atoms with Crippen LogP contribution in [0.4, 0.5) is 68.2 Å². The van der Waals surface area contributed by atoms with Crippen molar-refractivity contribution in [3.8, 4) is 22.3 Å². The molecule has 2 unspecified atom stereocenters. The normalized spacial score (nSPS) is 14.7. The Morgan fingerprint density at radius 1 is 0.244 bits per heavy atom. The molecule has 0 saturated carbocycles. The molecule has 19 rings (SSSR count). The Hall–Kier alpha value is -11.3. The van der Waals surface area contributed by atoms with Crippen LogP contribution in [0.1, 0.15) is 34.3 Å². The van der Waals surface area contributed by atoms with Crippen molar-refractivity contribution in [3.63, 3.8) is 0 Å². The van der Waals surface area contributed by atoms with Crippen molar-refractivity contribution in [1.29, 1.82) is 0 Å². The van der Waals surface area contributed by atoms with Crippen molar-refractivity contribution in [2.24, 2.45) is 0 Å². The van der Waals surface area contributed by atoms with Crippen LogP contribution >= 0.6 is 0 Å². The number of benzene rings is 13. The lowest BCUT2D eigenvalue weighted by Gasteiger charge is -2.46. The minimum Gasteiger partial charge on any atom is -0.328 e. The molecule has 0 N–H and O–H groups in total. The highest BCUT2D eigenvalue weighted by molar-refractivity contribution is 6.17. The summed E-state index contributed by atoms with van der Waals surface area (Å²) in [4.78, 5) is 10.0. The minimum absolute atomic E-state index is 0.204. The standard InChI is InChI=1S/C80H52N6/c1-7-25-51(26-8-1)81(52-27-9-2-10-28-52)57-45-65-63-41-23-39-61-59-37-19-21-43-69(59)85(77(61)63)79-67-49-68-72(50-71(67)83(73(47-57)75(65)79)55-33-15-5-16-34-55)84(56-35-17-6-18-36-56)74-48-58(82(53-29-11-3-12-30-53)54-31-13-4-14-32-54)46-66-64-42-24-40-62-60-38-20-22-44-70(60)86(78(62)64)80(68)76(66)74/h1-50,79-80H. The highest BCUT2D eigenvalue weighted by atomic mass is 15.2. The number of hydrogen-bond donors (Lipinski definition) is 0. The van der Waals surface area contributed by atoms with E-state index in [0.29, 0.717) is 0 Å². The van der Waals surface area contributed by atoms with E-state index < -0.39 is 0 Å². The average Bonchev–Trinajstić information content (AvgIpc) is 1.31. The number of hydrogen-bond acceptors (Lipinski definition) is 4. The van der Waals surface area contributed by atoms with Gasteiger partial charge in [-0.1, -0.05) is 182 Å². The van der Waals surface area contributed by atoms with E-state index in [0.717, 1.165) is 68.2 Å². The van der Waals surface area contributed by atoms with Crippen molar-refractivity contribution in [3.05, 3.63) is 326 Å². The second-order valence-corrected chi connectivity index (χ2v) is 23.2. The Morgan fingerprint density at radius 3 is 0.965 bits per heavy atom. The number of fused-ring (bicyclic) bond motifs is 14. The highest BCUT2D eigenvalue weighted by Gasteiger charge is 2.46. The molecule has 402 valence electrons. The first-order valence-electron chi connectivity index (χ1n) is 29.8. The van der Waals surface area contributed by atoms with E-state index in [9.17, 15) is 0 Å². The van der Waals surface area contributed by atoms with Gasteiger partial charge >= 0.3 is 0 Å². The molecule has 0 amide bonds. The van der Waals surface area contributed by atoms with Gasteiger partial charge in [0.25, 0.3) is 0 Å². The summed E-state index contributed by atoms with van der Waals surface area (Å²) in [5.74, 6) is 0. The Labute approximate surface area is 497 Å². The molecule has 4 aliphatic heterocycles. The quantitative estimate of drug-likeness (QED) is 0.151. The summed E-state index contributed by atoms with van der Waals surface area (Å²) in [6, 6.07) is 113. The van der Waals surface area contributed by atoms with Crippen LogP contribution in [-0.2, 0) is 0 Å². The zero-order valence-corrected chi connectivity index (χ0v) is 46.7. The summed E-state index contributed by atoms with van der Waals surface area (Å²) in [6.45, 7) is 0. The maximum absolute atomic E-state index is 2.70. The fourth-order valence-electron chi connectivity index (χ4n) is 15.4. The minimum atomic E-state index is -0.204. The second kappa shape index (κ2) is 18.1. The maximum Gasteiger partial charge on any atom is 0.0892 e. The molecular weight excluding hydrogens is 1040 g/mol. The zero-order chi connectivity index (χ0) is 56.1. The van der Waals surface area contributed by atoms with Gasteiger partial charge in [-0.2, -0.15) is 0 Å². The average molecular weight is 1100 g/mol. The van der Waals surface area contributed by atoms with E-state index in [1.165, 1.54) is 88.1 Å². The molecule has 4 aliphatic rings. The Kier molecular flexibility index (Phi) is 9.92. The van der Waals surface area contributed by atoms with Gasteiger partial charge in [0.2, 0.25) is 0 Å². The van der Waals surface area contributed by atoms with Crippen molar-refractivity contribution in [2.45, 2.75) is 12.1 Å². The number of nitrogens with zero attached hydrogens (tertiary/aromatic N) is 6. The van der Waals surface area contributed by atoms with Crippen molar-refractivity contribution in [1.82, 2.24) is 9.13 Å². The molecule has 2 aromatic heterocycles. The predicted octanol–water partition coefficient (Wildman–Crippen LogP) is 21.6. The number of aromatic nitrogens is 2. The SMILES string of the molecule is c1ccc(N(c2ccccc2)c2cc3c4c(c2)N(c2ccccc2)c2cc5c(cc2C4n2c4ccccc4c4cccc-3c42)C2c3c(cc(N(c4ccccc4)c4ccccc4)cc3N5c3ccccc3)-c3cccc4c5ccccc5n2c34)cc1. The molecule has 0 fully saturated rings. The molecule has 13 aromatic carbocycles. The first-order valence-corrected chi connectivity index (χ1v) is 29.8. The van der Waals surface area contributed by atoms with Gasteiger partial charge < -0.3 is 28.7 Å². The van der Waals surface area contributed by atoms with E-state index in [2.05, 4.69) is 332 Å². The lowest BCUT2D eigenvalue weighted by molar-refractivity contribution is 0.690. The van der Waals surface area contributed by atoms with Gasteiger partial charge in [-0.15, -0.1) is 0 Å². The smallest absolute Gasteiger partial charge is 0.0892 e. The van der Waals surface area contributed by atoms with Crippen molar-refractivity contribution >= 4 is 112 Å². The summed E-state index contributed by atoms with van der Waals surface area (Å²) < 4.78 is 5.41. The van der Waals surface area contributed by atoms with Gasteiger partial charge in [0.05, 0.1) is 45.9 Å². The molecule has 0 aliphatic carbocycles. The van der Waals surface area contributed by atoms with Crippen LogP contribution < -0.4 is 19.6 Å². The Balaban J connectivity index is 0.969. The molecule has 0 saturated heterocycles. The summed E-state index contributed by atoms with van der Waals surface area (Å²) in [7, 11) is 0. The van der Waals surface area contributed by atoms with Crippen LogP contribution in [0.15, 0.2) is 303 Å². The third-order valence-electron chi connectivity index (χ3n) is 18.7. The van der Waals surface area contributed by atoms with Crippen LogP contribution in [0.2, 0.25) is 0 Å². The van der Waals surface area contributed by atoms with E-state index in [1.807, 2.05) is 0 Å². The van der Waals surface area contributed by atoms with Crippen molar-refractivity contribution < 1.29 is 0 Å². The van der Waals surface area contributed by atoms with Gasteiger partial charge in [-0.05, 0) is 132 Å². The summed E-state index contributed by atoms with van der Waals surface area (Å²) >= 11 is 0. The number of para-hydroxylation sites is 10. The first kappa shape index (κ1) is 47.2. The highest BCUT2D eigenvalue weighted by Crippen LogP contribution is 2.64. The lowest BCUT2D eigenvalue weighted by atomic mass is 9.77. The third-order valence-corrected chi connectivity index (χ3v) is 18.7. The van der Waals surface area contributed by atoms with Gasteiger partial charge in [-0.25, -0.2) is 0 Å². The van der Waals surface area contributed by atoms with Gasteiger partial charge in [0, 0.05) is 111 Å². The summed E-state index contributed by atoms with van der Waals surface area (Å²) in [6.07, 6.45) is 0. The fraction of sp³-hybridized carbons (Fsp3) is 0.0250. The molecule has 15 aromatic rings. The van der Waals surface area contributed by atoms with Crippen LogP contribution in [-0.4, -0.2) is 9.13 Å². The lowest BCUT2D eigenvalue weighted by Crippen LogP contribution is -2.32. The number of rotatable bonds is 8. The molecule has 6 heteroatoms. The third kappa shape index (κ3) is 6.55. The van der Waals surface area contributed by atoms with Gasteiger partial charge in [0.15, 0.2) is 0 Å². The molecule has 2 atom stereocenters. The summed E-state index contributed by atoms with van der Waals surface area (Å²) in [5.41, 5.74) is 28.3. The molecule has 6 heterocycles. The first-order chi connectivity index (χ1) is 42.7. The van der Waals surface area contributed by atoms with Crippen molar-refractivity contribution in [2.75, 3.05) is 19.6 Å². The van der Waals surface area contributed by atoms with E-state index >= 15 is 0 Å². The van der Waals surface area contributed by atoms with Crippen LogP contribution in [0.25, 0.3) is 65.9 Å². The largest absolute Gasteiger partial charge is 0.328 e. The van der Waals surface area contributed by atoms with Crippen LogP contribution in [0.3, 0.4) is 0 Å². The topological polar surface area (TPSA) is 22.8 Å². The molecule has 0 radical (unpaired) electrons. The fourth-order valence-corrected chi connectivity index (χ4v) is 15.4.